The van der Waals surface area contributed by atoms with Gasteiger partial charge in [0.2, 0.25) is 0 Å². The van der Waals surface area contributed by atoms with E-state index in [4.69, 9.17) is 4.74 Å². The lowest BCUT2D eigenvalue weighted by Crippen LogP contribution is -2.50. The molecule has 0 saturated carbocycles. The molecule has 0 radical (unpaired) electrons. The second kappa shape index (κ2) is 9.57. The summed E-state index contributed by atoms with van der Waals surface area (Å²) in [5.41, 5.74) is 2.82. The number of carbonyl (C=O) groups excluding carboxylic acids is 1. The highest BCUT2D eigenvalue weighted by Gasteiger charge is 2.22. The zero-order chi connectivity index (χ0) is 23.4. The van der Waals surface area contributed by atoms with Crippen LogP contribution in [0.3, 0.4) is 0 Å². The van der Waals surface area contributed by atoms with Crippen LogP contribution >= 0.6 is 0 Å². The Morgan fingerprint density at radius 3 is 2.15 bits per heavy atom. The fourth-order valence-corrected chi connectivity index (χ4v) is 3.74. The Labute approximate surface area is 194 Å². The third-order valence-corrected chi connectivity index (χ3v) is 5.83. The minimum atomic E-state index is -0.278. The number of anilines is 1. The predicted molar refractivity (Wildman–Crippen MR) is 127 cm³/mol. The van der Waals surface area contributed by atoms with Gasteiger partial charge in [0, 0.05) is 31.7 Å². The Balaban J connectivity index is 1.27. The molecule has 4 rings (SSSR count). The van der Waals surface area contributed by atoms with E-state index in [1.54, 1.807) is 12.1 Å². The molecule has 1 aliphatic rings. The van der Waals surface area contributed by atoms with Crippen molar-refractivity contribution in [2.45, 2.75) is 26.2 Å². The Bertz CT molecular complexity index is 1070. The van der Waals surface area contributed by atoms with Gasteiger partial charge in [-0.1, -0.05) is 32.9 Å². The summed E-state index contributed by atoms with van der Waals surface area (Å²) in [7, 11) is 0. The van der Waals surface area contributed by atoms with E-state index in [0.29, 0.717) is 37.6 Å². The molecule has 172 valence electrons. The largest absolute Gasteiger partial charge is 0.484 e. The minimum absolute atomic E-state index is 0.0210. The lowest BCUT2D eigenvalue weighted by molar-refractivity contribution is -0.133. The van der Waals surface area contributed by atoms with Gasteiger partial charge in [-0.2, -0.15) is 0 Å². The Morgan fingerprint density at radius 2 is 1.58 bits per heavy atom. The van der Waals surface area contributed by atoms with Crippen molar-refractivity contribution >= 4 is 11.7 Å². The molecule has 0 N–H and O–H groups in total. The van der Waals surface area contributed by atoms with Crippen LogP contribution in [0.15, 0.2) is 60.7 Å². The third-order valence-electron chi connectivity index (χ3n) is 5.83. The minimum Gasteiger partial charge on any atom is -0.484 e. The maximum Gasteiger partial charge on any atom is 0.260 e. The molecule has 1 saturated heterocycles. The Hall–Kier alpha value is -3.48. The number of piperazine rings is 1. The highest BCUT2D eigenvalue weighted by Crippen LogP contribution is 2.24. The van der Waals surface area contributed by atoms with Crippen molar-refractivity contribution in [3.05, 3.63) is 72.0 Å². The third kappa shape index (κ3) is 5.66. The molecule has 1 amide bonds. The van der Waals surface area contributed by atoms with E-state index in [1.165, 1.54) is 17.7 Å². The van der Waals surface area contributed by atoms with Gasteiger partial charge < -0.3 is 14.5 Å². The van der Waals surface area contributed by atoms with E-state index in [1.807, 2.05) is 41.3 Å². The molecule has 0 unspecified atom stereocenters. The molecule has 0 spiro atoms. The van der Waals surface area contributed by atoms with Gasteiger partial charge in [-0.25, -0.2) is 4.39 Å². The van der Waals surface area contributed by atoms with E-state index in [0.717, 1.165) is 11.4 Å². The molecule has 1 fully saturated rings. The van der Waals surface area contributed by atoms with Gasteiger partial charge in [-0.15, -0.1) is 10.2 Å². The van der Waals surface area contributed by atoms with E-state index >= 15 is 0 Å². The standard InChI is InChI=1S/C26H29FN4O2/c1-26(2,3)20-6-10-22(11-7-20)33-18-25(32)31-16-14-30(15-17-31)24-13-12-23(28-29-24)19-4-8-21(27)9-5-19/h4-13H,14-18H2,1-3H3. The lowest BCUT2D eigenvalue weighted by atomic mass is 9.87. The maximum atomic E-state index is 13.1. The normalized spacial score (nSPS) is 14.3. The number of carbonyl (C=O) groups is 1. The van der Waals surface area contributed by atoms with E-state index < -0.39 is 0 Å². The molecule has 0 atom stereocenters. The van der Waals surface area contributed by atoms with Crippen LogP contribution in [0.2, 0.25) is 0 Å². The summed E-state index contributed by atoms with van der Waals surface area (Å²) in [5.74, 6) is 1.17. The lowest BCUT2D eigenvalue weighted by Gasteiger charge is -2.35. The SMILES string of the molecule is CC(C)(C)c1ccc(OCC(=O)N2CCN(c3ccc(-c4ccc(F)cc4)nn3)CC2)cc1. The number of benzene rings is 2. The highest BCUT2D eigenvalue weighted by atomic mass is 19.1. The van der Waals surface area contributed by atoms with Crippen LogP contribution in [0.1, 0.15) is 26.3 Å². The molecule has 6 nitrogen and oxygen atoms in total. The number of halogens is 1. The van der Waals surface area contributed by atoms with Crippen LogP contribution in [0.5, 0.6) is 5.75 Å². The molecular weight excluding hydrogens is 419 g/mol. The Morgan fingerprint density at radius 1 is 0.909 bits per heavy atom. The molecular formula is C26H29FN4O2. The van der Waals surface area contributed by atoms with Crippen molar-refractivity contribution in [1.82, 2.24) is 15.1 Å². The van der Waals surface area contributed by atoms with Gasteiger partial charge in [-0.3, -0.25) is 4.79 Å². The summed E-state index contributed by atoms with van der Waals surface area (Å²) in [6.45, 7) is 9.08. The molecule has 0 aliphatic carbocycles. The van der Waals surface area contributed by atoms with Gasteiger partial charge in [0.05, 0.1) is 5.69 Å². The molecule has 0 bridgehead atoms. The highest BCUT2D eigenvalue weighted by molar-refractivity contribution is 5.78. The molecule has 3 aromatic rings. The summed E-state index contributed by atoms with van der Waals surface area (Å²) in [5, 5.41) is 8.60. The van der Waals surface area contributed by atoms with Crippen LogP contribution < -0.4 is 9.64 Å². The van der Waals surface area contributed by atoms with Crippen LogP contribution in [0.4, 0.5) is 10.2 Å². The molecule has 7 heteroatoms. The molecule has 33 heavy (non-hydrogen) atoms. The van der Waals surface area contributed by atoms with Gasteiger partial charge >= 0.3 is 0 Å². The van der Waals surface area contributed by atoms with Gasteiger partial charge in [0.1, 0.15) is 11.6 Å². The smallest absolute Gasteiger partial charge is 0.260 e. The first-order valence-corrected chi connectivity index (χ1v) is 11.2. The first kappa shape index (κ1) is 22.7. The van der Waals surface area contributed by atoms with Crippen LogP contribution in [-0.2, 0) is 10.2 Å². The van der Waals surface area contributed by atoms with Crippen molar-refractivity contribution in [3.63, 3.8) is 0 Å². The second-order valence-electron chi connectivity index (χ2n) is 9.21. The summed E-state index contributed by atoms with van der Waals surface area (Å²) in [6.07, 6.45) is 0. The Kier molecular flexibility index (Phi) is 6.58. The number of hydrogen-bond donors (Lipinski definition) is 0. The van der Waals surface area contributed by atoms with Crippen molar-refractivity contribution in [2.24, 2.45) is 0 Å². The predicted octanol–water partition coefficient (Wildman–Crippen LogP) is 4.31. The van der Waals surface area contributed by atoms with Gasteiger partial charge in [0.25, 0.3) is 5.91 Å². The van der Waals surface area contributed by atoms with Gasteiger partial charge in [-0.05, 0) is 59.5 Å². The van der Waals surface area contributed by atoms with E-state index in [2.05, 4.69) is 35.9 Å². The van der Waals surface area contributed by atoms with E-state index in [9.17, 15) is 9.18 Å². The first-order chi connectivity index (χ1) is 15.8. The summed E-state index contributed by atoms with van der Waals surface area (Å²) >= 11 is 0. The maximum absolute atomic E-state index is 13.1. The average molecular weight is 449 g/mol. The topological polar surface area (TPSA) is 58.6 Å². The molecule has 2 heterocycles. The second-order valence-corrected chi connectivity index (χ2v) is 9.21. The fraction of sp³-hybridized carbons (Fsp3) is 0.346. The molecule has 2 aromatic carbocycles. The fourth-order valence-electron chi connectivity index (χ4n) is 3.74. The number of hydrogen-bond acceptors (Lipinski definition) is 5. The monoisotopic (exact) mass is 448 g/mol. The van der Waals surface area contributed by atoms with Crippen LogP contribution in [0.25, 0.3) is 11.3 Å². The van der Waals surface area contributed by atoms with Crippen molar-refractivity contribution in [2.75, 3.05) is 37.7 Å². The van der Waals surface area contributed by atoms with Crippen molar-refractivity contribution in [3.8, 4) is 17.0 Å². The number of nitrogens with zero attached hydrogens (tertiary/aromatic N) is 4. The summed E-state index contributed by atoms with van der Waals surface area (Å²) < 4.78 is 18.8. The van der Waals surface area contributed by atoms with Gasteiger partial charge in [0.15, 0.2) is 12.4 Å². The summed E-state index contributed by atoms with van der Waals surface area (Å²) in [4.78, 5) is 16.5. The van der Waals surface area contributed by atoms with Crippen LogP contribution in [0, 0.1) is 5.82 Å². The van der Waals surface area contributed by atoms with E-state index in [-0.39, 0.29) is 23.7 Å². The number of aromatic nitrogens is 2. The quantitative estimate of drug-likeness (QED) is 0.582. The van der Waals surface area contributed by atoms with Crippen LogP contribution in [-0.4, -0.2) is 53.8 Å². The number of ether oxygens (including phenoxy) is 1. The summed E-state index contributed by atoms with van der Waals surface area (Å²) in [6, 6.07) is 17.9. The number of amides is 1. The van der Waals surface area contributed by atoms with Crippen molar-refractivity contribution in [1.29, 1.82) is 0 Å². The average Bonchev–Trinajstić information content (AvgIpc) is 2.83. The molecule has 1 aliphatic heterocycles. The number of rotatable bonds is 5. The zero-order valence-electron chi connectivity index (χ0n) is 19.3. The molecule has 1 aromatic heterocycles. The van der Waals surface area contributed by atoms with Crippen molar-refractivity contribution < 1.29 is 13.9 Å². The first-order valence-electron chi connectivity index (χ1n) is 11.2. The zero-order valence-corrected chi connectivity index (χ0v) is 19.3.